The number of benzene rings is 2. The van der Waals surface area contributed by atoms with Crippen molar-refractivity contribution < 1.29 is 29.0 Å². The third kappa shape index (κ3) is 4.85. The summed E-state index contributed by atoms with van der Waals surface area (Å²) in [5.74, 6) is -1.05. The number of nitrogens with zero attached hydrogens (tertiary/aromatic N) is 1. The number of amides is 2. The molecule has 1 fully saturated rings. The van der Waals surface area contributed by atoms with E-state index in [4.69, 9.17) is 14.6 Å². The van der Waals surface area contributed by atoms with Crippen molar-refractivity contribution >= 4 is 50.9 Å². The van der Waals surface area contributed by atoms with E-state index in [9.17, 15) is 14.4 Å². The first kappa shape index (κ1) is 21.9. The van der Waals surface area contributed by atoms with Crippen molar-refractivity contribution in [1.82, 2.24) is 4.90 Å². The standard InChI is InChI=1S/C21H18BrNO6S/c1-12(20(25)26)29-18-14(4-3-5-16(18)28-2)10-17-19(24)23(21(27)30-17)11-13-6-8-15(22)9-7-13/h3-10,12H,11H2,1-2H3,(H,25,26)/b17-10-/t12-/m1/s1. The topological polar surface area (TPSA) is 93.1 Å². The third-order valence-corrected chi connectivity index (χ3v) is 5.72. The van der Waals surface area contributed by atoms with Crippen LogP contribution in [0.4, 0.5) is 4.79 Å². The molecule has 9 heteroatoms. The molecule has 0 radical (unpaired) electrons. The Balaban J connectivity index is 1.89. The number of halogens is 1. The monoisotopic (exact) mass is 491 g/mol. The Kier molecular flexibility index (Phi) is 6.84. The zero-order valence-electron chi connectivity index (χ0n) is 16.1. The number of carbonyl (C=O) groups is 3. The van der Waals surface area contributed by atoms with Crippen molar-refractivity contribution in [2.45, 2.75) is 19.6 Å². The molecule has 1 aliphatic heterocycles. The predicted molar refractivity (Wildman–Crippen MR) is 116 cm³/mol. The molecular formula is C21H18BrNO6S. The van der Waals surface area contributed by atoms with Gasteiger partial charge in [0, 0.05) is 10.0 Å². The van der Waals surface area contributed by atoms with Gasteiger partial charge in [-0.3, -0.25) is 14.5 Å². The number of para-hydroxylation sites is 1. The smallest absolute Gasteiger partial charge is 0.344 e. The number of ether oxygens (including phenoxy) is 2. The number of aliphatic carboxylic acids is 1. The average Bonchev–Trinajstić information content (AvgIpc) is 2.98. The molecular weight excluding hydrogens is 474 g/mol. The van der Waals surface area contributed by atoms with Crippen LogP contribution in [-0.2, 0) is 16.1 Å². The van der Waals surface area contributed by atoms with Gasteiger partial charge in [-0.2, -0.15) is 0 Å². The minimum absolute atomic E-state index is 0.160. The van der Waals surface area contributed by atoms with Gasteiger partial charge in [0.1, 0.15) is 0 Å². The molecule has 2 aromatic carbocycles. The second kappa shape index (κ2) is 9.36. The first-order valence-electron chi connectivity index (χ1n) is 8.86. The number of hydrogen-bond acceptors (Lipinski definition) is 6. The van der Waals surface area contributed by atoms with Crippen LogP contribution in [0.3, 0.4) is 0 Å². The zero-order valence-corrected chi connectivity index (χ0v) is 18.5. The highest BCUT2D eigenvalue weighted by Gasteiger charge is 2.35. The van der Waals surface area contributed by atoms with E-state index < -0.39 is 18.0 Å². The lowest BCUT2D eigenvalue weighted by Gasteiger charge is -2.16. The lowest BCUT2D eigenvalue weighted by atomic mass is 10.1. The Hall–Kier alpha value is -2.78. The summed E-state index contributed by atoms with van der Waals surface area (Å²) in [7, 11) is 1.43. The van der Waals surface area contributed by atoms with Crippen LogP contribution in [-0.4, -0.2) is 40.3 Å². The maximum Gasteiger partial charge on any atom is 0.344 e. The number of thioether (sulfide) groups is 1. The maximum absolute atomic E-state index is 12.8. The SMILES string of the molecule is COc1cccc(/C=C2\SC(=O)N(Cc3ccc(Br)cc3)C2=O)c1O[C@H](C)C(=O)O. The molecule has 0 aliphatic carbocycles. The van der Waals surface area contributed by atoms with Crippen molar-refractivity contribution in [1.29, 1.82) is 0 Å². The van der Waals surface area contributed by atoms with Crippen LogP contribution in [0.2, 0.25) is 0 Å². The summed E-state index contributed by atoms with van der Waals surface area (Å²) in [6.45, 7) is 1.55. The molecule has 1 atom stereocenters. The number of hydrogen-bond donors (Lipinski definition) is 1. The Labute approximate surface area is 185 Å². The molecule has 0 saturated carbocycles. The molecule has 3 rings (SSSR count). The van der Waals surface area contributed by atoms with Gasteiger partial charge in [0.05, 0.1) is 18.6 Å². The van der Waals surface area contributed by atoms with Gasteiger partial charge in [0.25, 0.3) is 11.1 Å². The molecule has 0 bridgehead atoms. The highest BCUT2D eigenvalue weighted by atomic mass is 79.9. The normalized spacial score (nSPS) is 16.1. The molecule has 0 unspecified atom stereocenters. The fraction of sp³-hybridized carbons (Fsp3) is 0.190. The number of carboxylic acids is 1. The quantitative estimate of drug-likeness (QED) is 0.567. The van der Waals surface area contributed by atoms with E-state index in [2.05, 4.69) is 15.9 Å². The highest BCUT2D eigenvalue weighted by molar-refractivity contribution is 9.10. The summed E-state index contributed by atoms with van der Waals surface area (Å²) in [4.78, 5) is 37.8. The molecule has 1 heterocycles. The summed E-state index contributed by atoms with van der Waals surface area (Å²) in [6, 6.07) is 12.3. The van der Waals surface area contributed by atoms with E-state index in [1.807, 2.05) is 24.3 Å². The van der Waals surface area contributed by atoms with Crippen LogP contribution in [0, 0.1) is 0 Å². The second-order valence-electron chi connectivity index (χ2n) is 6.37. The van der Waals surface area contributed by atoms with E-state index in [1.165, 1.54) is 25.0 Å². The van der Waals surface area contributed by atoms with Gasteiger partial charge in [0.2, 0.25) is 0 Å². The van der Waals surface area contributed by atoms with Gasteiger partial charge in [-0.25, -0.2) is 4.79 Å². The fourth-order valence-electron chi connectivity index (χ4n) is 2.71. The minimum atomic E-state index is -1.14. The largest absolute Gasteiger partial charge is 0.493 e. The van der Waals surface area contributed by atoms with Crippen molar-refractivity contribution in [3.63, 3.8) is 0 Å². The molecule has 156 valence electrons. The van der Waals surface area contributed by atoms with E-state index in [-0.39, 0.29) is 22.4 Å². The van der Waals surface area contributed by atoms with Gasteiger partial charge in [-0.1, -0.05) is 40.2 Å². The number of carbonyl (C=O) groups excluding carboxylic acids is 2. The summed E-state index contributed by atoms with van der Waals surface area (Å²) in [6.07, 6.45) is 0.389. The van der Waals surface area contributed by atoms with E-state index >= 15 is 0 Å². The average molecular weight is 492 g/mol. The Morgan fingerprint density at radius 1 is 1.23 bits per heavy atom. The van der Waals surface area contributed by atoms with Gasteiger partial charge in [-0.05, 0) is 48.5 Å². The maximum atomic E-state index is 12.8. The van der Waals surface area contributed by atoms with Crippen LogP contribution in [0.5, 0.6) is 11.5 Å². The summed E-state index contributed by atoms with van der Waals surface area (Å²) >= 11 is 4.18. The fourth-order valence-corrected chi connectivity index (χ4v) is 3.80. The Bertz CT molecular complexity index is 1020. The lowest BCUT2D eigenvalue weighted by Crippen LogP contribution is -2.27. The number of methoxy groups -OCH3 is 1. The van der Waals surface area contributed by atoms with Gasteiger partial charge in [-0.15, -0.1) is 0 Å². The summed E-state index contributed by atoms with van der Waals surface area (Å²) < 4.78 is 11.7. The molecule has 1 aliphatic rings. The molecule has 1 N–H and O–H groups in total. The third-order valence-electron chi connectivity index (χ3n) is 4.29. The van der Waals surface area contributed by atoms with Crippen LogP contribution in [0.1, 0.15) is 18.1 Å². The summed E-state index contributed by atoms with van der Waals surface area (Å²) in [5.41, 5.74) is 1.26. The van der Waals surface area contributed by atoms with Crippen LogP contribution in [0.15, 0.2) is 51.8 Å². The van der Waals surface area contributed by atoms with E-state index in [0.717, 1.165) is 21.8 Å². The summed E-state index contributed by atoms with van der Waals surface area (Å²) in [5, 5.41) is 8.78. The number of rotatable bonds is 7. The minimum Gasteiger partial charge on any atom is -0.493 e. The highest BCUT2D eigenvalue weighted by Crippen LogP contribution is 2.38. The Morgan fingerprint density at radius 2 is 1.93 bits per heavy atom. The van der Waals surface area contributed by atoms with Crippen LogP contribution < -0.4 is 9.47 Å². The second-order valence-corrected chi connectivity index (χ2v) is 8.28. The number of carboxylic acid groups (broad SMARTS) is 1. The zero-order chi connectivity index (χ0) is 21.8. The van der Waals surface area contributed by atoms with Gasteiger partial charge >= 0.3 is 5.97 Å². The van der Waals surface area contributed by atoms with Crippen LogP contribution in [0.25, 0.3) is 6.08 Å². The molecule has 30 heavy (non-hydrogen) atoms. The molecule has 2 aromatic rings. The molecule has 1 saturated heterocycles. The van der Waals surface area contributed by atoms with Crippen molar-refractivity contribution in [2.24, 2.45) is 0 Å². The predicted octanol–water partition coefficient (Wildman–Crippen LogP) is 4.55. The molecule has 0 aromatic heterocycles. The van der Waals surface area contributed by atoms with Crippen molar-refractivity contribution in [3.05, 3.63) is 63.0 Å². The van der Waals surface area contributed by atoms with Crippen LogP contribution >= 0.6 is 27.7 Å². The van der Waals surface area contributed by atoms with Gasteiger partial charge < -0.3 is 14.6 Å². The van der Waals surface area contributed by atoms with Gasteiger partial charge in [0.15, 0.2) is 17.6 Å². The lowest BCUT2D eigenvalue weighted by molar-refractivity contribution is -0.144. The van der Waals surface area contributed by atoms with E-state index in [1.54, 1.807) is 18.2 Å². The molecule has 7 nitrogen and oxygen atoms in total. The molecule has 0 spiro atoms. The Morgan fingerprint density at radius 3 is 2.57 bits per heavy atom. The molecule has 2 amide bonds. The number of imide groups is 1. The van der Waals surface area contributed by atoms with E-state index in [0.29, 0.717) is 11.3 Å². The first-order valence-corrected chi connectivity index (χ1v) is 10.5. The van der Waals surface area contributed by atoms with Crippen molar-refractivity contribution in [3.8, 4) is 11.5 Å². The van der Waals surface area contributed by atoms with Crippen molar-refractivity contribution in [2.75, 3.05) is 7.11 Å². The first-order chi connectivity index (χ1) is 14.3.